The van der Waals surface area contributed by atoms with Crippen molar-refractivity contribution in [3.05, 3.63) is 34.3 Å². The fourth-order valence-corrected chi connectivity index (χ4v) is 1.94. The molecule has 1 unspecified atom stereocenters. The molecule has 0 saturated heterocycles. The summed E-state index contributed by atoms with van der Waals surface area (Å²) >= 11 is 3.26. The van der Waals surface area contributed by atoms with Crippen LogP contribution in [0.15, 0.2) is 28.7 Å². The zero-order chi connectivity index (χ0) is 13.5. The Balaban J connectivity index is 2.77. The van der Waals surface area contributed by atoms with Crippen LogP contribution in [0.25, 0.3) is 0 Å². The Kier molecular flexibility index (Phi) is 5.80. The molecule has 1 aromatic rings. The molecular weight excluding hydrogens is 302 g/mol. The summed E-state index contributed by atoms with van der Waals surface area (Å²) in [4.78, 5) is 22.7. The van der Waals surface area contributed by atoms with Crippen molar-refractivity contribution in [3.8, 4) is 0 Å². The second-order valence-corrected chi connectivity index (χ2v) is 4.64. The van der Waals surface area contributed by atoms with E-state index in [1.165, 1.54) is 0 Å². The van der Waals surface area contributed by atoms with Gasteiger partial charge in [-0.25, -0.2) is 0 Å². The molecular formula is C12H14BrNO4. The molecule has 98 valence electrons. The van der Waals surface area contributed by atoms with Gasteiger partial charge in [0.2, 0.25) is 5.91 Å². The van der Waals surface area contributed by atoms with Gasteiger partial charge in [-0.2, -0.15) is 0 Å². The van der Waals surface area contributed by atoms with Gasteiger partial charge in [-0.15, -0.1) is 0 Å². The van der Waals surface area contributed by atoms with E-state index in [2.05, 4.69) is 21.2 Å². The van der Waals surface area contributed by atoms with E-state index in [-0.39, 0.29) is 19.6 Å². The van der Waals surface area contributed by atoms with E-state index in [4.69, 9.17) is 10.2 Å². The molecule has 18 heavy (non-hydrogen) atoms. The molecule has 1 atom stereocenters. The first-order chi connectivity index (χ1) is 8.54. The zero-order valence-electron chi connectivity index (χ0n) is 9.60. The van der Waals surface area contributed by atoms with E-state index >= 15 is 0 Å². The molecule has 0 aromatic heterocycles. The summed E-state index contributed by atoms with van der Waals surface area (Å²) in [6, 6.07) is 6.86. The SMILES string of the molecule is O=C(CC(C(=O)O)c1cccc(Br)c1)NCCO. The number of carbonyl (C=O) groups excluding carboxylic acids is 1. The van der Waals surface area contributed by atoms with E-state index in [0.717, 1.165) is 4.47 Å². The summed E-state index contributed by atoms with van der Waals surface area (Å²) in [5.41, 5.74) is 0.566. The van der Waals surface area contributed by atoms with Crippen LogP contribution in [0.4, 0.5) is 0 Å². The number of carboxylic acids is 1. The van der Waals surface area contributed by atoms with Gasteiger partial charge < -0.3 is 15.5 Å². The van der Waals surface area contributed by atoms with Gasteiger partial charge in [0, 0.05) is 17.4 Å². The fraction of sp³-hybridized carbons (Fsp3) is 0.333. The van der Waals surface area contributed by atoms with Gasteiger partial charge in [0.25, 0.3) is 0 Å². The Morgan fingerprint density at radius 3 is 2.67 bits per heavy atom. The molecule has 0 spiro atoms. The molecule has 0 bridgehead atoms. The van der Waals surface area contributed by atoms with Gasteiger partial charge >= 0.3 is 5.97 Å². The third-order valence-electron chi connectivity index (χ3n) is 2.37. The first kappa shape index (κ1) is 14.7. The third-order valence-corrected chi connectivity index (χ3v) is 2.87. The predicted octanol–water partition coefficient (Wildman–Crippen LogP) is 1.12. The number of amides is 1. The molecule has 6 heteroatoms. The molecule has 1 amide bonds. The fourth-order valence-electron chi connectivity index (χ4n) is 1.52. The van der Waals surface area contributed by atoms with Crippen LogP contribution in [-0.4, -0.2) is 35.2 Å². The second-order valence-electron chi connectivity index (χ2n) is 3.72. The zero-order valence-corrected chi connectivity index (χ0v) is 11.2. The molecule has 0 heterocycles. The largest absolute Gasteiger partial charge is 0.481 e. The number of halogens is 1. The van der Waals surface area contributed by atoms with Crippen LogP contribution in [0.5, 0.6) is 0 Å². The second kappa shape index (κ2) is 7.13. The lowest BCUT2D eigenvalue weighted by atomic mass is 9.95. The average Bonchev–Trinajstić information content (AvgIpc) is 2.33. The van der Waals surface area contributed by atoms with Crippen LogP contribution in [0.3, 0.4) is 0 Å². The maximum atomic E-state index is 11.5. The van der Waals surface area contributed by atoms with Crippen LogP contribution >= 0.6 is 15.9 Å². The summed E-state index contributed by atoms with van der Waals surface area (Å²) in [5, 5.41) is 20.2. The highest BCUT2D eigenvalue weighted by Gasteiger charge is 2.23. The normalized spacial score (nSPS) is 11.9. The van der Waals surface area contributed by atoms with Gasteiger partial charge in [0.15, 0.2) is 0 Å². The lowest BCUT2D eigenvalue weighted by Gasteiger charge is -2.12. The van der Waals surface area contributed by atoms with Gasteiger partial charge in [-0.1, -0.05) is 28.1 Å². The number of hydrogen-bond acceptors (Lipinski definition) is 3. The summed E-state index contributed by atoms with van der Waals surface area (Å²) in [7, 11) is 0. The topological polar surface area (TPSA) is 86.6 Å². The molecule has 1 aromatic carbocycles. The lowest BCUT2D eigenvalue weighted by molar-refractivity contribution is -0.140. The number of rotatable bonds is 6. The molecule has 3 N–H and O–H groups in total. The van der Waals surface area contributed by atoms with E-state index < -0.39 is 17.8 Å². The van der Waals surface area contributed by atoms with Crippen molar-refractivity contribution >= 4 is 27.8 Å². The number of carbonyl (C=O) groups is 2. The van der Waals surface area contributed by atoms with Gasteiger partial charge in [-0.3, -0.25) is 9.59 Å². The van der Waals surface area contributed by atoms with Crippen LogP contribution in [0.1, 0.15) is 17.9 Å². The molecule has 0 saturated carbocycles. The summed E-state index contributed by atoms with van der Waals surface area (Å²) in [6.07, 6.45) is -0.147. The average molecular weight is 316 g/mol. The first-order valence-corrected chi connectivity index (χ1v) is 6.19. The van der Waals surface area contributed by atoms with Crippen molar-refractivity contribution < 1.29 is 19.8 Å². The molecule has 0 aliphatic rings. The van der Waals surface area contributed by atoms with E-state index in [9.17, 15) is 9.59 Å². The molecule has 0 aliphatic heterocycles. The molecule has 0 aliphatic carbocycles. The minimum absolute atomic E-state index is 0.129. The van der Waals surface area contributed by atoms with Crippen LogP contribution < -0.4 is 5.32 Å². The quantitative estimate of drug-likeness (QED) is 0.734. The summed E-state index contributed by atoms with van der Waals surface area (Å²) < 4.78 is 0.766. The molecule has 0 fully saturated rings. The van der Waals surface area contributed by atoms with Crippen molar-refractivity contribution in [2.75, 3.05) is 13.2 Å². The minimum atomic E-state index is -1.05. The van der Waals surface area contributed by atoms with Gasteiger partial charge in [0.1, 0.15) is 0 Å². The number of hydrogen-bond donors (Lipinski definition) is 3. The Bertz CT molecular complexity index is 436. The Morgan fingerprint density at radius 2 is 2.11 bits per heavy atom. The van der Waals surface area contributed by atoms with Crippen molar-refractivity contribution in [2.24, 2.45) is 0 Å². The molecule has 0 radical (unpaired) electrons. The van der Waals surface area contributed by atoms with Crippen molar-refractivity contribution in [2.45, 2.75) is 12.3 Å². The first-order valence-electron chi connectivity index (χ1n) is 5.40. The number of nitrogens with one attached hydrogen (secondary N) is 1. The van der Waals surface area contributed by atoms with Crippen LogP contribution in [0, 0.1) is 0 Å². The smallest absolute Gasteiger partial charge is 0.311 e. The maximum absolute atomic E-state index is 11.5. The van der Waals surface area contributed by atoms with Crippen LogP contribution in [0.2, 0.25) is 0 Å². The lowest BCUT2D eigenvalue weighted by Crippen LogP contribution is -2.29. The highest BCUT2D eigenvalue weighted by atomic mass is 79.9. The van der Waals surface area contributed by atoms with Crippen molar-refractivity contribution in [1.29, 1.82) is 0 Å². The Labute approximate surface area is 113 Å². The van der Waals surface area contributed by atoms with Crippen molar-refractivity contribution in [3.63, 3.8) is 0 Å². The number of aliphatic hydroxyl groups is 1. The Hall–Kier alpha value is -1.40. The number of carboxylic acid groups (broad SMARTS) is 1. The number of aliphatic hydroxyl groups excluding tert-OH is 1. The van der Waals surface area contributed by atoms with Crippen molar-refractivity contribution in [1.82, 2.24) is 5.32 Å². The van der Waals surface area contributed by atoms with Gasteiger partial charge in [0.05, 0.1) is 12.5 Å². The van der Waals surface area contributed by atoms with E-state index in [1.807, 2.05) is 0 Å². The van der Waals surface area contributed by atoms with Gasteiger partial charge in [-0.05, 0) is 17.7 Å². The highest BCUT2D eigenvalue weighted by molar-refractivity contribution is 9.10. The van der Waals surface area contributed by atoms with E-state index in [0.29, 0.717) is 5.56 Å². The minimum Gasteiger partial charge on any atom is -0.481 e. The Morgan fingerprint density at radius 1 is 1.39 bits per heavy atom. The van der Waals surface area contributed by atoms with Crippen LogP contribution in [-0.2, 0) is 9.59 Å². The van der Waals surface area contributed by atoms with E-state index in [1.54, 1.807) is 24.3 Å². The third kappa shape index (κ3) is 4.46. The number of aliphatic carboxylic acids is 1. The highest BCUT2D eigenvalue weighted by Crippen LogP contribution is 2.23. The summed E-state index contributed by atoms with van der Waals surface area (Å²) in [5.74, 6) is -2.33. The maximum Gasteiger partial charge on any atom is 0.311 e. The monoisotopic (exact) mass is 315 g/mol. The summed E-state index contributed by atoms with van der Waals surface area (Å²) in [6.45, 7) is -0.0377. The standard InChI is InChI=1S/C12H14BrNO4/c13-9-3-1-2-8(6-9)10(12(17)18)7-11(16)14-4-5-15/h1-3,6,10,15H,4-5,7H2,(H,14,16)(H,17,18). The predicted molar refractivity (Wildman–Crippen MR) is 69.2 cm³/mol. The number of benzene rings is 1. The molecule has 1 rings (SSSR count). The molecule has 5 nitrogen and oxygen atoms in total.